The van der Waals surface area contributed by atoms with E-state index in [-0.39, 0.29) is 30.7 Å². The number of carbonyl (C=O) groups is 2. The molecule has 0 bridgehead atoms. The van der Waals surface area contributed by atoms with Crippen molar-refractivity contribution < 1.29 is 18.7 Å². The van der Waals surface area contributed by atoms with E-state index >= 15 is 0 Å². The predicted molar refractivity (Wildman–Crippen MR) is 116 cm³/mol. The van der Waals surface area contributed by atoms with Crippen LogP contribution in [0.2, 0.25) is 0 Å². The number of fused-ring (bicyclic) bond motifs is 1. The number of benzene rings is 3. The van der Waals surface area contributed by atoms with Crippen molar-refractivity contribution in [2.24, 2.45) is 0 Å². The van der Waals surface area contributed by atoms with E-state index in [0.29, 0.717) is 23.5 Å². The van der Waals surface area contributed by atoms with Gasteiger partial charge in [-0.3, -0.25) is 14.5 Å². The van der Waals surface area contributed by atoms with Crippen molar-refractivity contribution in [2.75, 3.05) is 11.4 Å². The number of hydrogen-bond donors (Lipinski definition) is 0. The highest BCUT2D eigenvalue weighted by Crippen LogP contribution is 2.33. The van der Waals surface area contributed by atoms with Gasteiger partial charge >= 0.3 is 0 Å². The molecule has 158 valence electrons. The topological polar surface area (TPSA) is 49.9 Å². The molecule has 2 amide bonds. The molecule has 1 heterocycles. The molecular weight excluding hydrogens is 395 g/mol. The van der Waals surface area contributed by atoms with Gasteiger partial charge in [0, 0.05) is 18.7 Å². The van der Waals surface area contributed by atoms with Gasteiger partial charge in [-0.2, -0.15) is 0 Å². The first-order valence-electron chi connectivity index (χ1n) is 10.1. The van der Waals surface area contributed by atoms with Gasteiger partial charge in [0.1, 0.15) is 18.1 Å². The molecule has 0 unspecified atom stereocenters. The van der Waals surface area contributed by atoms with Gasteiger partial charge in [0.2, 0.25) is 5.91 Å². The summed E-state index contributed by atoms with van der Waals surface area (Å²) in [5, 5.41) is 0. The normalized spacial score (nSPS) is 15.2. The molecule has 4 rings (SSSR count). The summed E-state index contributed by atoms with van der Waals surface area (Å²) < 4.78 is 20.0. The second kappa shape index (κ2) is 9.00. The lowest BCUT2D eigenvalue weighted by atomic mass is 10.1. The fourth-order valence-corrected chi connectivity index (χ4v) is 3.63. The molecule has 0 saturated carbocycles. The lowest BCUT2D eigenvalue weighted by Gasteiger charge is -2.34. The van der Waals surface area contributed by atoms with Crippen molar-refractivity contribution in [3.8, 4) is 5.75 Å². The highest BCUT2D eigenvalue weighted by molar-refractivity contribution is 6.03. The summed E-state index contributed by atoms with van der Waals surface area (Å²) in [4.78, 5) is 29.2. The number of halogens is 1. The Morgan fingerprint density at radius 1 is 0.968 bits per heavy atom. The molecule has 6 heteroatoms. The highest BCUT2D eigenvalue weighted by atomic mass is 19.1. The number of hydrogen-bond acceptors (Lipinski definition) is 3. The third kappa shape index (κ3) is 4.58. The average molecular weight is 418 g/mol. The molecule has 3 aromatic carbocycles. The van der Waals surface area contributed by atoms with Crippen molar-refractivity contribution in [1.82, 2.24) is 4.90 Å². The molecule has 0 aromatic heterocycles. The van der Waals surface area contributed by atoms with Crippen LogP contribution in [-0.4, -0.2) is 29.4 Å². The van der Waals surface area contributed by atoms with Gasteiger partial charge in [-0.15, -0.1) is 0 Å². The second-order valence-corrected chi connectivity index (χ2v) is 7.48. The smallest absolute Gasteiger partial charge is 0.268 e. The van der Waals surface area contributed by atoms with Gasteiger partial charge in [0.25, 0.3) is 5.91 Å². The van der Waals surface area contributed by atoms with Crippen molar-refractivity contribution in [3.05, 3.63) is 95.8 Å². The molecular formula is C25H23FN2O3. The minimum absolute atomic E-state index is 0.107. The minimum Gasteiger partial charge on any atom is -0.479 e. The lowest BCUT2D eigenvalue weighted by Crippen LogP contribution is -2.49. The maximum atomic E-state index is 14.3. The molecule has 0 aliphatic carbocycles. The average Bonchev–Trinajstić information content (AvgIpc) is 2.78. The van der Waals surface area contributed by atoms with Crippen LogP contribution in [0.15, 0.2) is 78.9 Å². The van der Waals surface area contributed by atoms with E-state index in [0.717, 1.165) is 5.56 Å². The number of nitrogens with zero attached hydrogens (tertiary/aromatic N) is 2. The summed E-state index contributed by atoms with van der Waals surface area (Å²) in [6, 6.07) is 23.1. The maximum Gasteiger partial charge on any atom is 0.268 e. The molecule has 0 saturated heterocycles. The summed E-state index contributed by atoms with van der Waals surface area (Å²) in [5.74, 6) is -0.358. The Balaban J connectivity index is 1.61. The standard InChI is InChI=1S/C25H23FN2O3/c1-18-25(30)28(22-13-7-8-14-23(22)31-18)17-24(29)27(15-19-9-3-2-4-10-19)16-20-11-5-6-12-21(20)26/h2-14,18H,15-17H2,1H3/t18-/m1/s1. The Morgan fingerprint density at radius 3 is 2.42 bits per heavy atom. The summed E-state index contributed by atoms with van der Waals surface area (Å²) in [7, 11) is 0. The molecule has 3 aromatic rings. The summed E-state index contributed by atoms with van der Waals surface area (Å²) >= 11 is 0. The van der Waals surface area contributed by atoms with Gasteiger partial charge in [-0.1, -0.05) is 60.7 Å². The van der Waals surface area contributed by atoms with Gasteiger partial charge in [-0.05, 0) is 30.7 Å². The SMILES string of the molecule is C[C@H]1Oc2ccccc2N(CC(=O)N(Cc2ccccc2)Cc2ccccc2F)C1=O. The number of rotatable bonds is 6. The predicted octanol–water partition coefficient (Wildman–Crippen LogP) is 4.17. The Kier molecular flexibility index (Phi) is 5.98. The van der Waals surface area contributed by atoms with E-state index in [9.17, 15) is 14.0 Å². The van der Waals surface area contributed by atoms with Crippen LogP contribution in [0, 0.1) is 5.82 Å². The van der Waals surface area contributed by atoms with Crippen LogP contribution in [0.4, 0.5) is 10.1 Å². The van der Waals surface area contributed by atoms with Crippen molar-refractivity contribution in [2.45, 2.75) is 26.1 Å². The van der Waals surface area contributed by atoms with Gasteiger partial charge < -0.3 is 9.64 Å². The highest BCUT2D eigenvalue weighted by Gasteiger charge is 2.33. The molecule has 0 N–H and O–H groups in total. The number of amides is 2. The summed E-state index contributed by atoms with van der Waals surface area (Å²) in [6.45, 7) is 1.93. The number of anilines is 1. The van der Waals surface area contributed by atoms with Crippen molar-refractivity contribution in [1.29, 1.82) is 0 Å². The van der Waals surface area contributed by atoms with Crippen molar-refractivity contribution in [3.63, 3.8) is 0 Å². The van der Waals surface area contributed by atoms with Gasteiger partial charge in [0.05, 0.1) is 5.69 Å². The van der Waals surface area contributed by atoms with Crippen LogP contribution in [0.5, 0.6) is 5.75 Å². The van der Waals surface area contributed by atoms with E-state index < -0.39 is 6.10 Å². The van der Waals surface area contributed by atoms with E-state index in [2.05, 4.69) is 0 Å². The third-order valence-corrected chi connectivity index (χ3v) is 5.25. The minimum atomic E-state index is -0.683. The number of carbonyl (C=O) groups excluding carboxylic acids is 2. The first kappa shape index (κ1) is 20.6. The van der Waals surface area contributed by atoms with Crippen LogP contribution < -0.4 is 9.64 Å². The lowest BCUT2D eigenvalue weighted by molar-refractivity contribution is -0.134. The van der Waals surface area contributed by atoms with Crippen LogP contribution >= 0.6 is 0 Å². The molecule has 31 heavy (non-hydrogen) atoms. The van der Waals surface area contributed by atoms with Crippen molar-refractivity contribution >= 4 is 17.5 Å². The molecule has 1 aliphatic rings. The molecule has 0 radical (unpaired) electrons. The molecule has 0 fully saturated rings. The Hall–Kier alpha value is -3.67. The van der Waals surface area contributed by atoms with Crippen LogP contribution in [-0.2, 0) is 22.7 Å². The fraction of sp³-hybridized carbons (Fsp3) is 0.200. The molecule has 1 atom stereocenters. The maximum absolute atomic E-state index is 14.3. The first-order chi connectivity index (χ1) is 15.0. The monoisotopic (exact) mass is 418 g/mol. The Morgan fingerprint density at radius 2 is 1.65 bits per heavy atom. The Bertz CT molecular complexity index is 1090. The fourth-order valence-electron chi connectivity index (χ4n) is 3.63. The Labute approximate surface area is 180 Å². The first-order valence-corrected chi connectivity index (χ1v) is 10.1. The third-order valence-electron chi connectivity index (χ3n) is 5.25. The second-order valence-electron chi connectivity index (χ2n) is 7.48. The zero-order chi connectivity index (χ0) is 21.8. The number of para-hydroxylation sites is 2. The number of ether oxygens (including phenoxy) is 1. The van der Waals surface area contributed by atoms with E-state index in [1.54, 1.807) is 48.2 Å². The molecule has 0 spiro atoms. The quantitative estimate of drug-likeness (QED) is 0.604. The summed E-state index contributed by atoms with van der Waals surface area (Å²) in [5.41, 5.74) is 1.91. The summed E-state index contributed by atoms with van der Waals surface area (Å²) in [6.07, 6.45) is -0.683. The zero-order valence-corrected chi connectivity index (χ0v) is 17.2. The van der Waals surface area contributed by atoms with Crippen LogP contribution in [0.1, 0.15) is 18.1 Å². The molecule has 1 aliphatic heterocycles. The van der Waals surface area contributed by atoms with Crippen LogP contribution in [0.25, 0.3) is 0 Å². The van der Waals surface area contributed by atoms with E-state index in [1.165, 1.54) is 11.0 Å². The largest absolute Gasteiger partial charge is 0.479 e. The van der Waals surface area contributed by atoms with Crippen LogP contribution in [0.3, 0.4) is 0 Å². The molecule has 5 nitrogen and oxygen atoms in total. The zero-order valence-electron chi connectivity index (χ0n) is 17.2. The van der Waals surface area contributed by atoms with E-state index in [4.69, 9.17) is 4.74 Å². The van der Waals surface area contributed by atoms with Gasteiger partial charge in [0.15, 0.2) is 6.10 Å². The van der Waals surface area contributed by atoms with E-state index in [1.807, 2.05) is 36.4 Å². The van der Waals surface area contributed by atoms with Gasteiger partial charge in [-0.25, -0.2) is 4.39 Å².